The standard InChI is InChI=1S/C20H28S4/c1-3-7-11-15(12-8-4-1)17-21-19-20(22-17)24-18(23-19)16-13-9-5-2-6-10-14-16/h1-14H2. The van der Waals surface area contributed by atoms with Crippen LogP contribution < -0.4 is 0 Å². The molecule has 4 aliphatic rings. The fourth-order valence-electron chi connectivity index (χ4n) is 3.95. The van der Waals surface area contributed by atoms with Crippen LogP contribution in [-0.2, 0) is 0 Å². The Morgan fingerprint density at radius 2 is 0.625 bits per heavy atom. The second-order valence-electron chi connectivity index (χ2n) is 7.30. The first kappa shape index (κ1) is 18.0. The molecule has 0 aromatic rings. The topological polar surface area (TPSA) is 0 Å². The highest BCUT2D eigenvalue weighted by Crippen LogP contribution is 2.68. The summed E-state index contributed by atoms with van der Waals surface area (Å²) in [5.74, 6) is 0. The van der Waals surface area contributed by atoms with E-state index in [-0.39, 0.29) is 0 Å². The van der Waals surface area contributed by atoms with Crippen LogP contribution >= 0.6 is 47.0 Å². The van der Waals surface area contributed by atoms with Crippen LogP contribution in [0, 0.1) is 0 Å². The van der Waals surface area contributed by atoms with E-state index in [1.807, 2.05) is 0 Å². The third kappa shape index (κ3) is 4.47. The molecule has 0 amide bonds. The second kappa shape index (κ2) is 9.01. The lowest BCUT2D eigenvalue weighted by atomic mass is 9.97. The quantitative estimate of drug-likeness (QED) is 0.400. The van der Waals surface area contributed by atoms with Crippen molar-refractivity contribution < 1.29 is 0 Å². The number of hydrogen-bond donors (Lipinski definition) is 0. The fraction of sp³-hybridized carbons (Fsp3) is 0.700. The molecule has 132 valence electrons. The molecule has 2 aliphatic carbocycles. The van der Waals surface area contributed by atoms with Gasteiger partial charge in [-0.25, -0.2) is 0 Å². The number of allylic oxidation sites excluding steroid dienone is 2. The molecule has 0 atom stereocenters. The average molecular weight is 397 g/mol. The van der Waals surface area contributed by atoms with E-state index in [0.717, 1.165) is 0 Å². The number of hydrogen-bond acceptors (Lipinski definition) is 4. The van der Waals surface area contributed by atoms with Crippen LogP contribution in [0.15, 0.2) is 28.1 Å². The lowest BCUT2D eigenvalue weighted by Gasteiger charge is -2.16. The lowest BCUT2D eigenvalue weighted by Crippen LogP contribution is -1.94. The molecule has 2 fully saturated rings. The molecule has 0 saturated heterocycles. The van der Waals surface area contributed by atoms with Gasteiger partial charge in [-0.15, -0.1) is 0 Å². The van der Waals surface area contributed by atoms with Gasteiger partial charge in [0.15, 0.2) is 0 Å². The Kier molecular flexibility index (Phi) is 6.76. The Balaban J connectivity index is 1.41. The maximum atomic E-state index is 2.11. The molecule has 24 heavy (non-hydrogen) atoms. The first-order valence-corrected chi connectivity index (χ1v) is 13.1. The van der Waals surface area contributed by atoms with Crippen molar-refractivity contribution in [3.05, 3.63) is 28.1 Å². The van der Waals surface area contributed by atoms with Crippen LogP contribution in [0.3, 0.4) is 0 Å². The normalized spacial score (nSPS) is 27.0. The summed E-state index contributed by atoms with van der Waals surface area (Å²) in [4.78, 5) is 0. The minimum absolute atomic E-state index is 1.36. The molecule has 0 N–H and O–H groups in total. The Morgan fingerprint density at radius 1 is 0.333 bits per heavy atom. The molecule has 0 radical (unpaired) electrons. The predicted octanol–water partition coefficient (Wildman–Crippen LogP) is 8.98. The van der Waals surface area contributed by atoms with Crippen molar-refractivity contribution in [1.82, 2.24) is 0 Å². The molecule has 2 aliphatic heterocycles. The Bertz CT molecular complexity index is 480. The third-order valence-corrected chi connectivity index (χ3v) is 11.4. The summed E-state index contributed by atoms with van der Waals surface area (Å²) in [6.45, 7) is 0. The predicted molar refractivity (Wildman–Crippen MR) is 116 cm³/mol. The molecule has 0 spiro atoms. The van der Waals surface area contributed by atoms with Gasteiger partial charge in [-0.2, -0.15) is 0 Å². The van der Waals surface area contributed by atoms with Gasteiger partial charge in [0.1, 0.15) is 0 Å². The average Bonchev–Trinajstić information content (AvgIpc) is 3.05. The summed E-state index contributed by atoms with van der Waals surface area (Å²) in [5.41, 5.74) is 3.56. The molecule has 4 heteroatoms. The summed E-state index contributed by atoms with van der Waals surface area (Å²) in [5, 5.41) is 0. The summed E-state index contributed by atoms with van der Waals surface area (Å²) in [6, 6.07) is 0. The van der Waals surface area contributed by atoms with E-state index in [1.165, 1.54) is 89.9 Å². The molecular formula is C20H28S4. The molecule has 0 bridgehead atoms. The zero-order chi connectivity index (χ0) is 16.2. The molecule has 2 heterocycles. The van der Waals surface area contributed by atoms with Crippen molar-refractivity contribution in [3.63, 3.8) is 0 Å². The monoisotopic (exact) mass is 396 g/mol. The van der Waals surface area contributed by atoms with E-state index < -0.39 is 0 Å². The van der Waals surface area contributed by atoms with Gasteiger partial charge >= 0.3 is 0 Å². The summed E-state index contributed by atoms with van der Waals surface area (Å²) >= 11 is 8.44. The van der Waals surface area contributed by atoms with Crippen molar-refractivity contribution in [2.75, 3.05) is 0 Å². The van der Waals surface area contributed by atoms with E-state index in [0.29, 0.717) is 0 Å². The van der Waals surface area contributed by atoms with E-state index in [4.69, 9.17) is 0 Å². The van der Waals surface area contributed by atoms with Gasteiger partial charge in [0.25, 0.3) is 0 Å². The summed E-state index contributed by atoms with van der Waals surface area (Å²) in [7, 11) is 0. The molecule has 0 unspecified atom stereocenters. The van der Waals surface area contributed by atoms with Gasteiger partial charge in [-0.05, 0) is 62.5 Å². The second-order valence-corrected chi connectivity index (χ2v) is 12.4. The fourth-order valence-corrected chi connectivity index (χ4v) is 10.6. The van der Waals surface area contributed by atoms with Crippen LogP contribution in [-0.4, -0.2) is 0 Å². The SMILES string of the molecule is C1CCCC(=C2SC3=C(S2)SC(=C2CCCCCCC2)S3)CCC1. The number of rotatable bonds is 0. The Morgan fingerprint density at radius 3 is 0.958 bits per heavy atom. The van der Waals surface area contributed by atoms with Crippen molar-refractivity contribution in [3.8, 4) is 0 Å². The lowest BCUT2D eigenvalue weighted by molar-refractivity contribution is 0.569. The maximum absolute atomic E-state index is 2.11. The summed E-state index contributed by atoms with van der Waals surface area (Å²) in [6.07, 6.45) is 19.8. The zero-order valence-electron chi connectivity index (χ0n) is 14.5. The zero-order valence-corrected chi connectivity index (χ0v) is 17.8. The van der Waals surface area contributed by atoms with Gasteiger partial charge in [0.2, 0.25) is 0 Å². The first-order valence-electron chi connectivity index (χ1n) is 9.80. The van der Waals surface area contributed by atoms with E-state index in [2.05, 4.69) is 47.0 Å². The van der Waals surface area contributed by atoms with E-state index >= 15 is 0 Å². The van der Waals surface area contributed by atoms with Crippen molar-refractivity contribution >= 4 is 47.0 Å². The molecule has 4 rings (SSSR count). The minimum atomic E-state index is 1.36. The largest absolute Gasteiger partial charge is 0.0736 e. The molecule has 0 aromatic carbocycles. The maximum Gasteiger partial charge on any atom is 0.0716 e. The minimum Gasteiger partial charge on any atom is -0.0736 e. The highest BCUT2D eigenvalue weighted by molar-refractivity contribution is 8.48. The van der Waals surface area contributed by atoms with Crippen LogP contribution in [0.1, 0.15) is 89.9 Å². The third-order valence-electron chi connectivity index (χ3n) is 5.40. The van der Waals surface area contributed by atoms with Crippen LogP contribution in [0.5, 0.6) is 0 Å². The van der Waals surface area contributed by atoms with Crippen molar-refractivity contribution in [2.24, 2.45) is 0 Å². The van der Waals surface area contributed by atoms with E-state index in [1.54, 1.807) is 28.1 Å². The van der Waals surface area contributed by atoms with Crippen LogP contribution in [0.2, 0.25) is 0 Å². The highest BCUT2D eigenvalue weighted by Gasteiger charge is 2.32. The molecular weight excluding hydrogens is 368 g/mol. The Labute approximate surface area is 164 Å². The van der Waals surface area contributed by atoms with Crippen LogP contribution in [0.4, 0.5) is 0 Å². The molecule has 0 nitrogen and oxygen atoms in total. The highest BCUT2D eigenvalue weighted by atomic mass is 32.3. The van der Waals surface area contributed by atoms with Crippen molar-refractivity contribution in [2.45, 2.75) is 89.9 Å². The number of thioether (sulfide) groups is 4. The van der Waals surface area contributed by atoms with Gasteiger partial charge < -0.3 is 0 Å². The van der Waals surface area contributed by atoms with Gasteiger partial charge in [0.05, 0.1) is 16.9 Å². The molecule has 2 saturated carbocycles. The van der Waals surface area contributed by atoms with E-state index in [9.17, 15) is 0 Å². The van der Waals surface area contributed by atoms with Gasteiger partial charge in [-0.3, -0.25) is 0 Å². The van der Waals surface area contributed by atoms with Gasteiger partial charge in [-0.1, -0.05) is 85.6 Å². The Hall–Kier alpha value is 0.620. The van der Waals surface area contributed by atoms with Crippen LogP contribution in [0.25, 0.3) is 0 Å². The van der Waals surface area contributed by atoms with Crippen molar-refractivity contribution in [1.29, 1.82) is 0 Å². The summed E-state index contributed by atoms with van der Waals surface area (Å²) < 4.78 is 6.53. The first-order chi connectivity index (χ1) is 11.9. The van der Waals surface area contributed by atoms with Gasteiger partial charge in [0, 0.05) is 0 Å². The smallest absolute Gasteiger partial charge is 0.0716 e. The molecule has 0 aromatic heterocycles.